The quantitative estimate of drug-likeness (QED) is 0.817. The molecule has 0 aliphatic rings. The van der Waals surface area contributed by atoms with Crippen LogP contribution in [0, 0.1) is 5.82 Å². The predicted molar refractivity (Wildman–Crippen MR) is 92.0 cm³/mol. The molecule has 4 nitrogen and oxygen atoms in total. The molecule has 2 aromatic rings. The van der Waals surface area contributed by atoms with Gasteiger partial charge in [-0.3, -0.25) is 9.59 Å². The minimum absolute atomic E-state index is 0.0970. The van der Waals surface area contributed by atoms with Gasteiger partial charge in [-0.1, -0.05) is 42.5 Å². The van der Waals surface area contributed by atoms with Crippen molar-refractivity contribution in [3.8, 4) is 0 Å². The molecular weight excluding hydrogens is 307 g/mol. The average molecular weight is 328 g/mol. The summed E-state index contributed by atoms with van der Waals surface area (Å²) in [5.74, 6) is -0.777. The highest BCUT2D eigenvalue weighted by molar-refractivity contribution is 5.93. The summed E-state index contributed by atoms with van der Waals surface area (Å²) < 4.78 is 13.8. The van der Waals surface area contributed by atoms with E-state index < -0.39 is 5.82 Å². The molecule has 0 aromatic heterocycles. The van der Waals surface area contributed by atoms with Gasteiger partial charge in [-0.2, -0.15) is 0 Å². The van der Waals surface area contributed by atoms with Crippen molar-refractivity contribution in [2.45, 2.75) is 19.9 Å². The van der Waals surface area contributed by atoms with Gasteiger partial charge in [0.05, 0.1) is 5.69 Å². The summed E-state index contributed by atoms with van der Waals surface area (Å²) in [5.41, 5.74) is 1.24. The second-order valence-electron chi connectivity index (χ2n) is 5.58. The summed E-state index contributed by atoms with van der Waals surface area (Å²) in [6.45, 7) is 2.22. The van der Waals surface area contributed by atoms with Gasteiger partial charge in [0.2, 0.25) is 11.8 Å². The Morgan fingerprint density at radius 1 is 1.00 bits per heavy atom. The molecule has 0 saturated carbocycles. The molecule has 0 atom stereocenters. The minimum atomic E-state index is -0.443. The second kappa shape index (κ2) is 8.24. The highest BCUT2D eigenvalue weighted by Crippen LogP contribution is 2.18. The van der Waals surface area contributed by atoms with Crippen LogP contribution in [0.15, 0.2) is 54.6 Å². The van der Waals surface area contributed by atoms with Crippen molar-refractivity contribution < 1.29 is 14.0 Å². The molecule has 0 aliphatic heterocycles. The zero-order valence-corrected chi connectivity index (χ0v) is 13.9. The van der Waals surface area contributed by atoms with Gasteiger partial charge in [0, 0.05) is 33.5 Å². The van der Waals surface area contributed by atoms with Gasteiger partial charge in [0.15, 0.2) is 0 Å². The number of carbonyl (C=O) groups excluding carboxylic acids is 2. The normalized spacial score (nSPS) is 10.3. The number of halogens is 1. The Labute approximate surface area is 141 Å². The third-order valence-corrected chi connectivity index (χ3v) is 3.85. The fourth-order valence-electron chi connectivity index (χ4n) is 2.41. The summed E-state index contributed by atoms with van der Waals surface area (Å²) in [6, 6.07) is 15.7. The van der Waals surface area contributed by atoms with Crippen molar-refractivity contribution in [2.75, 3.05) is 18.5 Å². The number of benzene rings is 2. The zero-order chi connectivity index (χ0) is 17.5. The highest BCUT2D eigenvalue weighted by atomic mass is 19.1. The molecule has 0 aliphatic carbocycles. The van der Waals surface area contributed by atoms with Crippen LogP contribution in [0.4, 0.5) is 10.1 Å². The van der Waals surface area contributed by atoms with Gasteiger partial charge in [-0.25, -0.2) is 4.39 Å². The van der Waals surface area contributed by atoms with Crippen LogP contribution in [0.25, 0.3) is 0 Å². The summed E-state index contributed by atoms with van der Waals surface area (Å²) in [7, 11) is 1.54. The van der Waals surface area contributed by atoms with E-state index in [1.54, 1.807) is 23.1 Å². The molecule has 2 rings (SSSR count). The van der Waals surface area contributed by atoms with Gasteiger partial charge in [-0.15, -0.1) is 0 Å². The van der Waals surface area contributed by atoms with Crippen molar-refractivity contribution in [3.05, 3.63) is 66.0 Å². The van der Waals surface area contributed by atoms with Gasteiger partial charge in [0.1, 0.15) is 5.82 Å². The van der Waals surface area contributed by atoms with Gasteiger partial charge < -0.3 is 9.80 Å². The first-order valence-electron chi connectivity index (χ1n) is 7.79. The number of nitrogens with zero attached hydrogens (tertiary/aromatic N) is 2. The van der Waals surface area contributed by atoms with Crippen molar-refractivity contribution in [3.63, 3.8) is 0 Å². The minimum Gasteiger partial charge on any atom is -0.338 e. The Hall–Kier alpha value is -2.69. The van der Waals surface area contributed by atoms with Gasteiger partial charge in [-0.05, 0) is 17.7 Å². The number of hydrogen-bond donors (Lipinski definition) is 0. The first-order chi connectivity index (χ1) is 11.5. The number of hydrogen-bond acceptors (Lipinski definition) is 2. The molecule has 0 radical (unpaired) electrons. The molecule has 24 heavy (non-hydrogen) atoms. The lowest BCUT2D eigenvalue weighted by Crippen LogP contribution is -2.34. The van der Waals surface area contributed by atoms with E-state index in [-0.39, 0.29) is 23.9 Å². The van der Waals surface area contributed by atoms with Gasteiger partial charge >= 0.3 is 0 Å². The molecule has 0 saturated heterocycles. The Morgan fingerprint density at radius 3 is 2.25 bits per heavy atom. The Kier molecular flexibility index (Phi) is 6.07. The zero-order valence-electron chi connectivity index (χ0n) is 13.9. The highest BCUT2D eigenvalue weighted by Gasteiger charge is 2.17. The van der Waals surface area contributed by atoms with Crippen molar-refractivity contribution in [1.82, 2.24) is 4.90 Å². The number of rotatable bonds is 6. The topological polar surface area (TPSA) is 40.6 Å². The molecule has 0 bridgehead atoms. The van der Waals surface area contributed by atoms with Crippen LogP contribution >= 0.6 is 0 Å². The third-order valence-electron chi connectivity index (χ3n) is 3.85. The first-order valence-corrected chi connectivity index (χ1v) is 7.79. The standard InChI is InChI=1S/C19H21FN2O2/c1-15(23)22(14-16-8-4-3-5-9-16)13-12-19(24)21(2)18-11-7-6-10-17(18)20/h3-11H,12-14H2,1-2H3. The largest absolute Gasteiger partial charge is 0.338 e. The lowest BCUT2D eigenvalue weighted by atomic mass is 10.2. The van der Waals surface area contributed by atoms with E-state index in [4.69, 9.17) is 0 Å². The van der Waals surface area contributed by atoms with Crippen LogP contribution < -0.4 is 4.90 Å². The lowest BCUT2D eigenvalue weighted by molar-refractivity contribution is -0.130. The lowest BCUT2D eigenvalue weighted by Gasteiger charge is -2.23. The fourth-order valence-corrected chi connectivity index (χ4v) is 2.41. The molecule has 5 heteroatoms. The predicted octanol–water partition coefficient (Wildman–Crippen LogP) is 3.23. The molecule has 2 aromatic carbocycles. The smallest absolute Gasteiger partial charge is 0.228 e. The molecule has 0 unspecified atom stereocenters. The molecular formula is C19H21FN2O2. The first kappa shape index (κ1) is 17.7. The Morgan fingerprint density at radius 2 is 1.62 bits per heavy atom. The van der Waals surface area contributed by atoms with Crippen LogP contribution in [0.1, 0.15) is 18.9 Å². The van der Waals surface area contributed by atoms with Gasteiger partial charge in [0.25, 0.3) is 0 Å². The van der Waals surface area contributed by atoms with E-state index in [9.17, 15) is 14.0 Å². The summed E-state index contributed by atoms with van der Waals surface area (Å²) in [5, 5.41) is 0. The molecule has 126 valence electrons. The maximum absolute atomic E-state index is 13.8. The van der Waals surface area contributed by atoms with Crippen LogP contribution in [0.5, 0.6) is 0 Å². The van der Waals surface area contributed by atoms with Crippen molar-refractivity contribution >= 4 is 17.5 Å². The average Bonchev–Trinajstić information content (AvgIpc) is 2.58. The SMILES string of the molecule is CC(=O)N(CCC(=O)N(C)c1ccccc1F)Cc1ccccc1. The number of amides is 2. The van der Waals surface area contributed by atoms with Crippen LogP contribution in [-0.2, 0) is 16.1 Å². The summed E-state index contributed by atoms with van der Waals surface area (Å²) >= 11 is 0. The summed E-state index contributed by atoms with van der Waals surface area (Å²) in [6.07, 6.45) is 0.136. The van der Waals surface area contributed by atoms with E-state index in [0.717, 1.165) is 5.56 Å². The molecule has 0 fully saturated rings. The van der Waals surface area contributed by atoms with E-state index in [2.05, 4.69) is 0 Å². The van der Waals surface area contributed by atoms with Crippen LogP contribution in [0.2, 0.25) is 0 Å². The molecule has 0 heterocycles. The Bertz CT molecular complexity index is 704. The molecule has 0 spiro atoms. The summed E-state index contributed by atoms with van der Waals surface area (Å²) in [4.78, 5) is 27.0. The number of carbonyl (C=O) groups is 2. The Balaban J connectivity index is 1.97. The molecule has 2 amide bonds. The van der Waals surface area contributed by atoms with Crippen LogP contribution in [-0.4, -0.2) is 30.3 Å². The monoisotopic (exact) mass is 328 g/mol. The maximum Gasteiger partial charge on any atom is 0.228 e. The second-order valence-corrected chi connectivity index (χ2v) is 5.58. The maximum atomic E-state index is 13.8. The fraction of sp³-hybridized carbons (Fsp3) is 0.263. The van der Waals surface area contributed by atoms with E-state index >= 15 is 0 Å². The van der Waals surface area contributed by atoms with Crippen LogP contribution in [0.3, 0.4) is 0 Å². The number of para-hydroxylation sites is 1. The molecule has 0 N–H and O–H groups in total. The third kappa shape index (κ3) is 4.65. The number of anilines is 1. The van der Waals surface area contributed by atoms with Crippen molar-refractivity contribution in [2.24, 2.45) is 0 Å². The van der Waals surface area contributed by atoms with E-state index in [1.165, 1.54) is 24.9 Å². The van der Waals surface area contributed by atoms with E-state index in [1.807, 2.05) is 30.3 Å². The van der Waals surface area contributed by atoms with Crippen molar-refractivity contribution in [1.29, 1.82) is 0 Å². The van der Waals surface area contributed by atoms with E-state index in [0.29, 0.717) is 13.1 Å².